The molecule has 2 atom stereocenters. The Hall–Kier alpha value is -2.32. The van der Waals surface area contributed by atoms with Gasteiger partial charge in [-0.2, -0.15) is 0 Å². The molecule has 0 spiro atoms. The minimum absolute atomic E-state index is 0.232. The van der Waals surface area contributed by atoms with Crippen LogP contribution in [0.25, 0.3) is 0 Å². The fourth-order valence-electron chi connectivity index (χ4n) is 6.33. The Morgan fingerprint density at radius 2 is 1.67 bits per heavy atom. The molecule has 0 aliphatic heterocycles. The van der Waals surface area contributed by atoms with Crippen LogP contribution in [0.5, 0.6) is 0 Å². The fraction of sp³-hybridized carbons (Fsp3) is 0.455. The second-order valence-electron chi connectivity index (χ2n) is 9.23. The first-order valence-electron chi connectivity index (χ1n) is 10.3. The third-order valence-corrected chi connectivity index (χ3v) is 8.43. The maximum atomic E-state index is 14.2. The van der Waals surface area contributed by atoms with Gasteiger partial charge in [-0.3, -0.25) is 9.78 Å². The highest BCUT2D eigenvalue weighted by molar-refractivity contribution is 7.89. The fourth-order valence-corrected chi connectivity index (χ4v) is 7.83. The number of hydrogen-bond donors (Lipinski definition) is 2. The molecule has 6 rings (SSSR count). The number of carbonyl (C=O) groups is 1. The van der Waals surface area contributed by atoms with Crippen molar-refractivity contribution in [1.29, 1.82) is 0 Å². The molecule has 1 heterocycles. The van der Waals surface area contributed by atoms with Crippen molar-refractivity contribution in [1.82, 2.24) is 15.0 Å². The number of benzene rings is 1. The van der Waals surface area contributed by atoms with Crippen molar-refractivity contribution >= 4 is 15.9 Å². The minimum Gasteiger partial charge on any atom is -0.345 e. The van der Waals surface area contributed by atoms with Gasteiger partial charge in [0.1, 0.15) is 16.4 Å². The molecule has 6 nitrogen and oxygen atoms in total. The molecule has 158 valence electrons. The summed E-state index contributed by atoms with van der Waals surface area (Å²) in [4.78, 5) is 16.6. The van der Waals surface area contributed by atoms with E-state index in [-0.39, 0.29) is 10.8 Å². The third-order valence-electron chi connectivity index (χ3n) is 6.81. The lowest BCUT2D eigenvalue weighted by Gasteiger charge is -2.62. The summed E-state index contributed by atoms with van der Waals surface area (Å²) in [5.74, 6) is -0.324. The number of halogens is 1. The summed E-state index contributed by atoms with van der Waals surface area (Å²) in [5.41, 5.74) is -0.770. The molecule has 4 saturated carbocycles. The number of pyridine rings is 1. The first-order chi connectivity index (χ1) is 14.3. The van der Waals surface area contributed by atoms with Gasteiger partial charge in [-0.05, 0) is 74.6 Å². The van der Waals surface area contributed by atoms with Crippen LogP contribution in [-0.2, 0) is 10.0 Å². The molecule has 2 unspecified atom stereocenters. The van der Waals surface area contributed by atoms with E-state index in [1.54, 1.807) is 24.4 Å². The standard InChI is InChI=1S/C22H24FN3O3S/c23-17-5-1-2-7-19(17)30(28,29)26-22-12-15-9-16(13-22)11-21(10-15,14-22)25-20(27)18-6-3-4-8-24-18/h1-8,15-16,26H,9-14H2,(H,25,27). The van der Waals surface area contributed by atoms with Crippen molar-refractivity contribution in [2.45, 2.75) is 54.5 Å². The van der Waals surface area contributed by atoms with Crippen molar-refractivity contribution in [3.63, 3.8) is 0 Å². The maximum absolute atomic E-state index is 14.2. The average molecular weight is 430 g/mol. The molecular weight excluding hydrogens is 405 g/mol. The van der Waals surface area contributed by atoms with E-state index >= 15 is 0 Å². The molecule has 8 heteroatoms. The number of amides is 1. The molecular formula is C22H24FN3O3S. The van der Waals surface area contributed by atoms with Crippen LogP contribution in [-0.4, -0.2) is 30.4 Å². The lowest BCUT2D eigenvalue weighted by Crippen LogP contribution is -2.69. The van der Waals surface area contributed by atoms with Gasteiger partial charge in [0.05, 0.1) is 0 Å². The maximum Gasteiger partial charge on any atom is 0.270 e. The van der Waals surface area contributed by atoms with E-state index in [4.69, 9.17) is 0 Å². The zero-order valence-corrected chi connectivity index (χ0v) is 17.3. The number of aromatic nitrogens is 1. The van der Waals surface area contributed by atoms with E-state index in [0.29, 0.717) is 24.0 Å². The molecule has 0 radical (unpaired) electrons. The van der Waals surface area contributed by atoms with Crippen LogP contribution in [0.4, 0.5) is 4.39 Å². The van der Waals surface area contributed by atoms with Gasteiger partial charge in [-0.25, -0.2) is 17.5 Å². The lowest BCUT2D eigenvalue weighted by molar-refractivity contribution is -0.0390. The van der Waals surface area contributed by atoms with E-state index in [9.17, 15) is 17.6 Å². The Morgan fingerprint density at radius 1 is 1.00 bits per heavy atom. The van der Waals surface area contributed by atoms with Gasteiger partial charge in [0.15, 0.2) is 0 Å². The Balaban J connectivity index is 1.43. The van der Waals surface area contributed by atoms with Crippen molar-refractivity contribution in [2.75, 3.05) is 0 Å². The highest BCUT2D eigenvalue weighted by Crippen LogP contribution is 2.57. The number of rotatable bonds is 5. The molecule has 0 saturated heterocycles. The largest absolute Gasteiger partial charge is 0.345 e. The highest BCUT2D eigenvalue weighted by Gasteiger charge is 2.59. The molecule has 4 bridgehead atoms. The van der Waals surface area contributed by atoms with Crippen LogP contribution in [0, 0.1) is 17.7 Å². The van der Waals surface area contributed by atoms with Gasteiger partial charge in [0, 0.05) is 17.3 Å². The second-order valence-corrected chi connectivity index (χ2v) is 10.9. The summed E-state index contributed by atoms with van der Waals surface area (Å²) in [7, 11) is -4.01. The van der Waals surface area contributed by atoms with Crippen LogP contribution < -0.4 is 10.0 Å². The monoisotopic (exact) mass is 429 g/mol. The molecule has 1 aromatic heterocycles. The topological polar surface area (TPSA) is 88.2 Å². The molecule has 4 aliphatic rings. The SMILES string of the molecule is O=C(NC12CC3CC(C1)CC(NS(=O)(=O)c1ccccc1F)(C3)C2)c1ccccn1. The smallest absolute Gasteiger partial charge is 0.270 e. The predicted octanol–water partition coefficient (Wildman–Crippen LogP) is 3.02. The Kier molecular flexibility index (Phi) is 4.48. The van der Waals surface area contributed by atoms with E-state index in [1.165, 1.54) is 18.2 Å². The molecule has 4 aliphatic carbocycles. The van der Waals surface area contributed by atoms with Gasteiger partial charge < -0.3 is 5.32 Å². The summed E-state index contributed by atoms with van der Waals surface area (Å²) >= 11 is 0. The van der Waals surface area contributed by atoms with Crippen LogP contribution >= 0.6 is 0 Å². The minimum atomic E-state index is -4.01. The average Bonchev–Trinajstić information content (AvgIpc) is 2.66. The van der Waals surface area contributed by atoms with Gasteiger partial charge in [0.2, 0.25) is 10.0 Å². The number of carbonyl (C=O) groups excluding carboxylic acids is 1. The summed E-state index contributed by atoms with van der Waals surface area (Å²) < 4.78 is 43.1. The quantitative estimate of drug-likeness (QED) is 0.765. The predicted molar refractivity (Wildman–Crippen MR) is 109 cm³/mol. The van der Waals surface area contributed by atoms with E-state index in [0.717, 1.165) is 38.2 Å². The third kappa shape index (κ3) is 3.41. The van der Waals surface area contributed by atoms with Crippen LogP contribution in [0.2, 0.25) is 0 Å². The van der Waals surface area contributed by atoms with Crippen molar-refractivity contribution in [2.24, 2.45) is 11.8 Å². The summed E-state index contributed by atoms with van der Waals surface area (Å²) in [6.07, 6.45) is 6.26. The van der Waals surface area contributed by atoms with Crippen LogP contribution in [0.15, 0.2) is 53.6 Å². The van der Waals surface area contributed by atoms with Crippen LogP contribution in [0.1, 0.15) is 49.0 Å². The molecule has 1 amide bonds. The molecule has 2 N–H and O–H groups in total. The zero-order valence-electron chi connectivity index (χ0n) is 16.5. The van der Waals surface area contributed by atoms with Crippen LogP contribution in [0.3, 0.4) is 0 Å². The summed E-state index contributed by atoms with van der Waals surface area (Å²) in [6, 6.07) is 10.6. The van der Waals surface area contributed by atoms with E-state index in [2.05, 4.69) is 15.0 Å². The first-order valence-corrected chi connectivity index (χ1v) is 11.8. The molecule has 4 fully saturated rings. The van der Waals surface area contributed by atoms with E-state index in [1.807, 2.05) is 0 Å². The molecule has 1 aromatic carbocycles. The highest BCUT2D eigenvalue weighted by atomic mass is 32.2. The van der Waals surface area contributed by atoms with Crippen molar-refractivity contribution in [3.05, 3.63) is 60.2 Å². The normalized spacial score (nSPS) is 32.2. The summed E-state index contributed by atoms with van der Waals surface area (Å²) in [6.45, 7) is 0. The number of hydrogen-bond acceptors (Lipinski definition) is 4. The van der Waals surface area contributed by atoms with E-state index < -0.39 is 26.9 Å². The Labute approximate surface area is 175 Å². The van der Waals surface area contributed by atoms with Gasteiger partial charge in [-0.15, -0.1) is 0 Å². The number of sulfonamides is 1. The van der Waals surface area contributed by atoms with Crippen molar-refractivity contribution < 1.29 is 17.6 Å². The van der Waals surface area contributed by atoms with Gasteiger partial charge in [0.25, 0.3) is 5.91 Å². The van der Waals surface area contributed by atoms with Gasteiger partial charge in [-0.1, -0.05) is 18.2 Å². The molecule has 2 aromatic rings. The number of nitrogens with zero attached hydrogens (tertiary/aromatic N) is 1. The number of nitrogens with one attached hydrogen (secondary N) is 2. The second kappa shape index (κ2) is 6.85. The zero-order chi connectivity index (χ0) is 21.0. The summed E-state index contributed by atoms with van der Waals surface area (Å²) in [5, 5.41) is 3.19. The van der Waals surface area contributed by atoms with Crippen molar-refractivity contribution in [3.8, 4) is 0 Å². The van der Waals surface area contributed by atoms with Gasteiger partial charge >= 0.3 is 0 Å². The molecule has 30 heavy (non-hydrogen) atoms. The Morgan fingerprint density at radius 3 is 2.33 bits per heavy atom. The first kappa shape index (κ1) is 19.6. The lowest BCUT2D eigenvalue weighted by atomic mass is 9.50. The Bertz CT molecular complexity index is 1080.